The molecule has 0 aromatic heterocycles. The highest BCUT2D eigenvalue weighted by Crippen LogP contribution is 2.46. The van der Waals surface area contributed by atoms with Crippen LogP contribution in [0.3, 0.4) is 0 Å². The molecule has 1 aromatic rings. The Kier molecular flexibility index (Phi) is 4.03. The number of fused-ring (bicyclic) bond motifs is 1. The summed E-state index contributed by atoms with van der Waals surface area (Å²) in [6.07, 6.45) is 3.12. The summed E-state index contributed by atoms with van der Waals surface area (Å²) >= 11 is 0. The summed E-state index contributed by atoms with van der Waals surface area (Å²) in [6, 6.07) is 6.67. The first kappa shape index (κ1) is 15.6. The second-order valence-electron chi connectivity index (χ2n) is 7.90. The van der Waals surface area contributed by atoms with Crippen molar-refractivity contribution in [3.63, 3.8) is 0 Å². The van der Waals surface area contributed by atoms with E-state index in [9.17, 15) is 5.11 Å². The number of benzene rings is 1. The molecule has 2 unspecified atom stereocenters. The lowest BCUT2D eigenvalue weighted by Gasteiger charge is -2.42. The van der Waals surface area contributed by atoms with Crippen molar-refractivity contribution in [2.45, 2.75) is 77.7 Å². The van der Waals surface area contributed by atoms with Crippen molar-refractivity contribution < 1.29 is 5.11 Å². The number of hydrogen-bond acceptors (Lipinski definition) is 1. The molecule has 0 aliphatic heterocycles. The van der Waals surface area contributed by atoms with Crippen molar-refractivity contribution in [1.29, 1.82) is 0 Å². The van der Waals surface area contributed by atoms with E-state index in [4.69, 9.17) is 0 Å². The molecule has 1 heteroatoms. The van der Waals surface area contributed by atoms with Gasteiger partial charge in [0.05, 0.1) is 6.10 Å². The molecule has 112 valence electrons. The van der Waals surface area contributed by atoms with Crippen molar-refractivity contribution in [2.75, 3.05) is 0 Å². The fourth-order valence-corrected chi connectivity index (χ4v) is 3.34. The molecule has 0 saturated carbocycles. The largest absolute Gasteiger partial charge is 0.388 e. The average Bonchev–Trinajstić information content (AvgIpc) is 2.42. The van der Waals surface area contributed by atoms with E-state index >= 15 is 0 Å². The van der Waals surface area contributed by atoms with Crippen LogP contribution < -0.4 is 0 Å². The van der Waals surface area contributed by atoms with Gasteiger partial charge in [0.2, 0.25) is 0 Å². The molecule has 0 saturated heterocycles. The van der Waals surface area contributed by atoms with Crippen molar-refractivity contribution in [3.05, 3.63) is 34.9 Å². The minimum Gasteiger partial charge on any atom is -0.388 e. The van der Waals surface area contributed by atoms with Gasteiger partial charge < -0.3 is 5.11 Å². The molecule has 20 heavy (non-hydrogen) atoms. The fourth-order valence-electron chi connectivity index (χ4n) is 3.34. The number of aliphatic hydroxyl groups excluding tert-OH is 1. The van der Waals surface area contributed by atoms with Gasteiger partial charge in [-0.05, 0) is 46.3 Å². The molecule has 0 bridgehead atoms. The highest BCUT2D eigenvalue weighted by molar-refractivity contribution is 5.44. The monoisotopic (exact) mass is 274 g/mol. The Morgan fingerprint density at radius 1 is 1.05 bits per heavy atom. The Morgan fingerprint density at radius 3 is 2.15 bits per heavy atom. The van der Waals surface area contributed by atoms with Crippen LogP contribution in [0.15, 0.2) is 18.2 Å². The lowest BCUT2D eigenvalue weighted by atomic mass is 9.63. The summed E-state index contributed by atoms with van der Waals surface area (Å²) < 4.78 is 0. The molecule has 1 aliphatic rings. The molecule has 1 aromatic carbocycles. The van der Waals surface area contributed by atoms with Crippen molar-refractivity contribution in [3.8, 4) is 0 Å². The SMILES string of the molecule is CCC(C)C(O)c1ccc2c(c1)C(C)(C)CCC2(C)C. The molecule has 0 heterocycles. The van der Waals surface area contributed by atoms with Crippen LogP contribution in [0, 0.1) is 5.92 Å². The van der Waals surface area contributed by atoms with Gasteiger partial charge in [-0.2, -0.15) is 0 Å². The third kappa shape index (κ3) is 2.65. The van der Waals surface area contributed by atoms with E-state index in [0.29, 0.717) is 5.92 Å². The van der Waals surface area contributed by atoms with Crippen LogP contribution in [0.25, 0.3) is 0 Å². The van der Waals surface area contributed by atoms with E-state index in [0.717, 1.165) is 12.0 Å². The molecule has 2 rings (SSSR count). The van der Waals surface area contributed by atoms with E-state index < -0.39 is 0 Å². The van der Waals surface area contributed by atoms with Crippen molar-refractivity contribution >= 4 is 0 Å². The van der Waals surface area contributed by atoms with Gasteiger partial charge in [-0.1, -0.05) is 66.2 Å². The van der Waals surface area contributed by atoms with Crippen molar-refractivity contribution in [2.24, 2.45) is 5.92 Å². The normalized spacial score (nSPS) is 22.9. The first-order chi connectivity index (χ1) is 9.19. The van der Waals surface area contributed by atoms with Gasteiger partial charge in [-0.25, -0.2) is 0 Å². The Balaban J connectivity index is 2.48. The summed E-state index contributed by atoms with van der Waals surface area (Å²) in [5.41, 5.74) is 4.46. The first-order valence-electron chi connectivity index (χ1n) is 8.02. The molecule has 0 fully saturated rings. The molecular weight excluding hydrogens is 244 g/mol. The van der Waals surface area contributed by atoms with Crippen LogP contribution in [0.1, 0.15) is 83.6 Å². The number of hydrogen-bond donors (Lipinski definition) is 1. The van der Waals surface area contributed by atoms with Crippen LogP contribution in [-0.2, 0) is 10.8 Å². The Bertz CT molecular complexity index is 485. The molecule has 0 spiro atoms. The van der Waals surface area contributed by atoms with Crippen LogP contribution in [-0.4, -0.2) is 5.11 Å². The molecule has 2 atom stereocenters. The second kappa shape index (κ2) is 5.18. The maximum Gasteiger partial charge on any atom is 0.0815 e. The van der Waals surface area contributed by atoms with Crippen LogP contribution in [0.5, 0.6) is 0 Å². The summed E-state index contributed by atoms with van der Waals surface area (Å²) in [5.74, 6) is 0.313. The predicted octanol–water partition coefficient (Wildman–Crippen LogP) is 5.12. The van der Waals surface area contributed by atoms with E-state index in [1.54, 1.807) is 0 Å². The Morgan fingerprint density at radius 2 is 1.60 bits per heavy atom. The quantitative estimate of drug-likeness (QED) is 0.811. The molecular formula is C19H30O. The lowest BCUT2D eigenvalue weighted by molar-refractivity contribution is 0.115. The second-order valence-corrected chi connectivity index (χ2v) is 7.90. The third-order valence-corrected chi connectivity index (χ3v) is 5.40. The Hall–Kier alpha value is -0.820. The van der Waals surface area contributed by atoms with Crippen LogP contribution in [0.2, 0.25) is 0 Å². The summed E-state index contributed by atoms with van der Waals surface area (Å²) in [7, 11) is 0. The van der Waals surface area contributed by atoms with Gasteiger partial charge in [0, 0.05) is 0 Å². The summed E-state index contributed by atoms with van der Waals surface area (Å²) in [6.45, 7) is 13.6. The van der Waals surface area contributed by atoms with Crippen LogP contribution >= 0.6 is 0 Å². The van der Waals surface area contributed by atoms with E-state index in [2.05, 4.69) is 59.7 Å². The van der Waals surface area contributed by atoms with Gasteiger partial charge in [-0.3, -0.25) is 0 Å². The Labute approximate surface area is 124 Å². The van der Waals surface area contributed by atoms with Gasteiger partial charge in [0.25, 0.3) is 0 Å². The van der Waals surface area contributed by atoms with Gasteiger partial charge in [0.15, 0.2) is 0 Å². The molecule has 1 N–H and O–H groups in total. The minimum atomic E-state index is -0.342. The first-order valence-corrected chi connectivity index (χ1v) is 8.02. The van der Waals surface area contributed by atoms with Gasteiger partial charge in [-0.15, -0.1) is 0 Å². The topological polar surface area (TPSA) is 20.2 Å². The maximum atomic E-state index is 10.5. The van der Waals surface area contributed by atoms with E-state index in [1.807, 2.05) is 0 Å². The fraction of sp³-hybridized carbons (Fsp3) is 0.684. The average molecular weight is 274 g/mol. The number of rotatable bonds is 3. The minimum absolute atomic E-state index is 0.218. The van der Waals surface area contributed by atoms with E-state index in [-0.39, 0.29) is 16.9 Å². The van der Waals surface area contributed by atoms with Crippen LogP contribution in [0.4, 0.5) is 0 Å². The molecule has 1 nitrogen and oxygen atoms in total. The van der Waals surface area contributed by atoms with Gasteiger partial charge >= 0.3 is 0 Å². The smallest absolute Gasteiger partial charge is 0.0815 e. The standard InChI is InChI=1S/C19H30O/c1-7-13(2)17(20)14-8-9-15-16(12-14)19(5,6)11-10-18(15,3)4/h8-9,12-13,17,20H,7,10-11H2,1-6H3. The molecule has 0 radical (unpaired) electrons. The lowest BCUT2D eigenvalue weighted by Crippen LogP contribution is -2.34. The summed E-state index contributed by atoms with van der Waals surface area (Å²) in [5, 5.41) is 10.5. The summed E-state index contributed by atoms with van der Waals surface area (Å²) in [4.78, 5) is 0. The highest BCUT2D eigenvalue weighted by atomic mass is 16.3. The zero-order valence-electron chi connectivity index (χ0n) is 14.0. The highest BCUT2D eigenvalue weighted by Gasteiger charge is 2.37. The van der Waals surface area contributed by atoms with Gasteiger partial charge in [0.1, 0.15) is 0 Å². The predicted molar refractivity (Wildman–Crippen MR) is 86.1 cm³/mol. The zero-order valence-corrected chi connectivity index (χ0v) is 14.0. The number of aliphatic hydroxyl groups is 1. The third-order valence-electron chi connectivity index (χ3n) is 5.40. The maximum absolute atomic E-state index is 10.5. The van der Waals surface area contributed by atoms with Crippen molar-refractivity contribution in [1.82, 2.24) is 0 Å². The zero-order chi connectivity index (χ0) is 15.1. The molecule has 0 amide bonds. The van der Waals surface area contributed by atoms with E-state index in [1.165, 1.54) is 24.0 Å². The molecule has 1 aliphatic carbocycles.